The van der Waals surface area contributed by atoms with Gasteiger partial charge in [-0.3, -0.25) is 9.52 Å². The Labute approximate surface area is 141 Å². The number of aromatic nitrogens is 1. The van der Waals surface area contributed by atoms with Crippen LogP contribution in [0, 0.1) is 0 Å². The minimum absolute atomic E-state index is 0.0440. The second-order valence-corrected chi connectivity index (χ2v) is 7.54. The van der Waals surface area contributed by atoms with Crippen molar-refractivity contribution in [2.45, 2.75) is 4.90 Å². The molecular weight excluding hydrogens is 352 g/mol. The molecule has 0 saturated heterocycles. The minimum atomic E-state index is -3.80. The van der Waals surface area contributed by atoms with Crippen LogP contribution in [0.25, 0.3) is 10.2 Å². The van der Waals surface area contributed by atoms with E-state index in [4.69, 9.17) is 9.47 Å². The van der Waals surface area contributed by atoms with Crippen molar-refractivity contribution in [3.05, 3.63) is 46.1 Å². The molecule has 0 aliphatic heterocycles. The summed E-state index contributed by atoms with van der Waals surface area (Å²) in [6, 6.07) is 9.18. The first-order chi connectivity index (χ1) is 11.4. The molecule has 0 amide bonds. The summed E-state index contributed by atoms with van der Waals surface area (Å²) >= 11 is 1.02. The van der Waals surface area contributed by atoms with E-state index >= 15 is 0 Å². The number of methoxy groups -OCH3 is 2. The van der Waals surface area contributed by atoms with Crippen LogP contribution in [-0.2, 0) is 10.0 Å². The zero-order chi connectivity index (χ0) is 17.3. The molecule has 7 nitrogen and oxygen atoms in total. The van der Waals surface area contributed by atoms with E-state index in [-0.39, 0.29) is 9.77 Å². The van der Waals surface area contributed by atoms with E-state index in [1.165, 1.54) is 32.4 Å². The lowest BCUT2D eigenvalue weighted by atomic mass is 10.3. The Morgan fingerprint density at radius 3 is 2.50 bits per heavy atom. The third-order valence-corrected chi connectivity index (χ3v) is 5.56. The second kappa shape index (κ2) is 6.17. The zero-order valence-electron chi connectivity index (χ0n) is 12.8. The van der Waals surface area contributed by atoms with Crippen molar-refractivity contribution in [1.29, 1.82) is 0 Å². The van der Waals surface area contributed by atoms with Gasteiger partial charge in [0, 0.05) is 6.07 Å². The molecule has 0 aliphatic carbocycles. The van der Waals surface area contributed by atoms with Gasteiger partial charge in [0.05, 0.1) is 35.0 Å². The first-order valence-corrected chi connectivity index (χ1v) is 9.10. The lowest BCUT2D eigenvalue weighted by Gasteiger charge is -2.11. The molecule has 0 bridgehead atoms. The van der Waals surface area contributed by atoms with E-state index in [1.807, 2.05) is 0 Å². The van der Waals surface area contributed by atoms with Crippen molar-refractivity contribution in [2.75, 3.05) is 18.9 Å². The monoisotopic (exact) mass is 366 g/mol. The fourth-order valence-corrected chi connectivity index (χ4v) is 4.05. The van der Waals surface area contributed by atoms with Crippen LogP contribution in [0.2, 0.25) is 0 Å². The highest BCUT2D eigenvalue weighted by Gasteiger charge is 2.17. The fraction of sp³-hybridized carbons (Fsp3) is 0.133. The predicted octanol–water partition coefficient (Wildman–Crippen LogP) is 2.41. The minimum Gasteiger partial charge on any atom is -0.493 e. The van der Waals surface area contributed by atoms with Gasteiger partial charge in [-0.25, -0.2) is 8.42 Å². The van der Waals surface area contributed by atoms with Crippen LogP contribution >= 0.6 is 11.3 Å². The van der Waals surface area contributed by atoms with Crippen LogP contribution in [0.3, 0.4) is 0 Å². The smallest absolute Gasteiger partial charge is 0.305 e. The summed E-state index contributed by atoms with van der Waals surface area (Å²) < 4.78 is 38.5. The molecule has 24 heavy (non-hydrogen) atoms. The summed E-state index contributed by atoms with van der Waals surface area (Å²) in [5, 5.41) is 0. The molecule has 0 saturated carbocycles. The molecule has 126 valence electrons. The summed E-state index contributed by atoms with van der Waals surface area (Å²) in [5.74, 6) is 0.759. The average molecular weight is 366 g/mol. The Hall–Kier alpha value is -2.52. The molecule has 0 atom stereocenters. The first-order valence-electron chi connectivity index (χ1n) is 6.80. The zero-order valence-corrected chi connectivity index (χ0v) is 14.5. The van der Waals surface area contributed by atoms with Gasteiger partial charge >= 0.3 is 4.87 Å². The van der Waals surface area contributed by atoms with Crippen molar-refractivity contribution >= 4 is 37.3 Å². The van der Waals surface area contributed by atoms with Gasteiger partial charge in [-0.2, -0.15) is 0 Å². The van der Waals surface area contributed by atoms with E-state index in [1.54, 1.807) is 18.2 Å². The van der Waals surface area contributed by atoms with Crippen molar-refractivity contribution in [2.24, 2.45) is 0 Å². The van der Waals surface area contributed by atoms with Crippen LogP contribution in [0.15, 0.2) is 46.1 Å². The van der Waals surface area contributed by atoms with E-state index in [0.29, 0.717) is 27.4 Å². The molecule has 3 rings (SSSR count). The van der Waals surface area contributed by atoms with Gasteiger partial charge in [-0.05, 0) is 30.3 Å². The maximum absolute atomic E-state index is 12.5. The van der Waals surface area contributed by atoms with Crippen LogP contribution < -0.4 is 19.1 Å². The normalized spacial score (nSPS) is 11.4. The van der Waals surface area contributed by atoms with E-state index in [2.05, 4.69) is 9.71 Å². The highest BCUT2D eigenvalue weighted by atomic mass is 32.2. The molecule has 3 aromatic rings. The number of fused-ring (bicyclic) bond motifs is 1. The number of hydrogen-bond donors (Lipinski definition) is 2. The Morgan fingerprint density at radius 2 is 1.79 bits per heavy atom. The number of anilines is 1. The first kappa shape index (κ1) is 16.3. The molecule has 9 heteroatoms. The van der Waals surface area contributed by atoms with Crippen molar-refractivity contribution in [3.63, 3.8) is 0 Å². The van der Waals surface area contributed by atoms with E-state index < -0.39 is 10.0 Å². The lowest BCUT2D eigenvalue weighted by Crippen LogP contribution is -2.13. The number of thiazole rings is 1. The van der Waals surface area contributed by atoms with Gasteiger partial charge in [0.15, 0.2) is 11.5 Å². The van der Waals surface area contributed by atoms with Gasteiger partial charge in [-0.15, -0.1) is 0 Å². The Morgan fingerprint density at radius 1 is 1.04 bits per heavy atom. The predicted molar refractivity (Wildman–Crippen MR) is 92.8 cm³/mol. The van der Waals surface area contributed by atoms with Gasteiger partial charge in [0.25, 0.3) is 10.0 Å². The summed E-state index contributed by atoms with van der Waals surface area (Å²) in [4.78, 5) is 13.9. The summed E-state index contributed by atoms with van der Waals surface area (Å²) in [6.07, 6.45) is 0. The standard InChI is InChI=1S/C15H14N2O5S2/c1-21-12-6-4-10(8-13(12)22-2)24(19,20)17-9-3-5-11-14(7-9)23-15(18)16-11/h3-8,17H,1-2H3,(H,16,18). The third kappa shape index (κ3) is 3.08. The number of ether oxygens (including phenoxy) is 2. The SMILES string of the molecule is COc1ccc(S(=O)(=O)Nc2ccc3[nH]c(=O)sc3c2)cc1OC. The topological polar surface area (TPSA) is 97.5 Å². The number of sulfonamides is 1. The third-order valence-electron chi connectivity index (χ3n) is 3.34. The van der Waals surface area contributed by atoms with Gasteiger partial charge in [0.1, 0.15) is 0 Å². The molecule has 0 spiro atoms. The summed E-state index contributed by atoms with van der Waals surface area (Å²) in [6.45, 7) is 0. The molecule has 1 aromatic heterocycles. The van der Waals surface area contributed by atoms with Crippen molar-refractivity contribution in [3.8, 4) is 11.5 Å². The molecule has 2 N–H and O–H groups in total. The quantitative estimate of drug-likeness (QED) is 0.723. The van der Waals surface area contributed by atoms with Gasteiger partial charge in [-0.1, -0.05) is 11.3 Å². The van der Waals surface area contributed by atoms with Crippen molar-refractivity contribution in [1.82, 2.24) is 4.98 Å². The molecule has 0 radical (unpaired) electrons. The summed E-state index contributed by atoms with van der Waals surface area (Å²) in [7, 11) is -0.894. The van der Waals surface area contributed by atoms with Crippen LogP contribution in [0.4, 0.5) is 5.69 Å². The number of H-pyrrole nitrogens is 1. The largest absolute Gasteiger partial charge is 0.493 e. The van der Waals surface area contributed by atoms with Crippen LogP contribution in [0.5, 0.6) is 11.5 Å². The average Bonchev–Trinajstić information content (AvgIpc) is 2.93. The van der Waals surface area contributed by atoms with Gasteiger partial charge in [0.2, 0.25) is 0 Å². The number of aromatic amines is 1. The maximum Gasteiger partial charge on any atom is 0.305 e. The van der Waals surface area contributed by atoms with Crippen molar-refractivity contribution < 1.29 is 17.9 Å². The van der Waals surface area contributed by atoms with Crippen LogP contribution in [-0.4, -0.2) is 27.6 Å². The Kier molecular flexibility index (Phi) is 4.20. The number of rotatable bonds is 5. The Balaban J connectivity index is 1.96. The van der Waals surface area contributed by atoms with Crippen LogP contribution in [0.1, 0.15) is 0 Å². The van der Waals surface area contributed by atoms with E-state index in [9.17, 15) is 13.2 Å². The molecule has 2 aromatic carbocycles. The highest BCUT2D eigenvalue weighted by molar-refractivity contribution is 7.92. The second-order valence-electron chi connectivity index (χ2n) is 4.85. The molecule has 0 aliphatic rings. The fourth-order valence-electron chi connectivity index (χ4n) is 2.21. The maximum atomic E-state index is 12.5. The Bertz CT molecular complexity index is 1050. The summed E-state index contributed by atoms with van der Waals surface area (Å²) in [5.41, 5.74) is 1.03. The molecule has 0 fully saturated rings. The number of benzene rings is 2. The molecule has 0 unspecified atom stereocenters. The number of nitrogens with one attached hydrogen (secondary N) is 2. The number of hydrogen-bond acceptors (Lipinski definition) is 6. The molecular formula is C15H14N2O5S2. The molecule has 1 heterocycles. The van der Waals surface area contributed by atoms with Gasteiger partial charge < -0.3 is 14.5 Å². The van der Waals surface area contributed by atoms with E-state index in [0.717, 1.165) is 11.3 Å². The highest BCUT2D eigenvalue weighted by Crippen LogP contribution is 2.30. The lowest BCUT2D eigenvalue weighted by molar-refractivity contribution is 0.354.